The van der Waals surface area contributed by atoms with Crippen molar-refractivity contribution in [3.63, 3.8) is 0 Å². The maximum atomic E-state index is 13.1. The highest BCUT2D eigenvalue weighted by atomic mass is 16.2. The van der Waals surface area contributed by atoms with Crippen LogP contribution in [0.25, 0.3) is 0 Å². The van der Waals surface area contributed by atoms with Gasteiger partial charge in [-0.15, -0.1) is 0 Å². The smallest absolute Gasteiger partial charge is 0.255 e. The topological polar surface area (TPSA) is 97.6 Å². The first-order chi connectivity index (χ1) is 19.9. The molecule has 8 nitrogen and oxygen atoms in total. The molecule has 1 aromatic heterocycles. The van der Waals surface area contributed by atoms with Gasteiger partial charge in [0.05, 0.1) is 17.2 Å². The van der Waals surface area contributed by atoms with Crippen LogP contribution in [-0.2, 0) is 6.54 Å². The fourth-order valence-electron chi connectivity index (χ4n) is 5.60. The summed E-state index contributed by atoms with van der Waals surface area (Å²) in [6, 6.07) is 20.9. The van der Waals surface area contributed by atoms with Crippen LogP contribution in [0.15, 0.2) is 66.9 Å². The Morgan fingerprint density at radius 2 is 1.51 bits per heavy atom. The summed E-state index contributed by atoms with van der Waals surface area (Å²) in [7, 11) is 0. The van der Waals surface area contributed by atoms with E-state index in [0.29, 0.717) is 60.9 Å². The third kappa shape index (κ3) is 7.05. The quantitative estimate of drug-likeness (QED) is 0.379. The SMILES string of the molecule is CC(=O)c1ccc(N2CCN(C(=O)c3ccc(C(=O)CC4CCN(Cc5ccc(C#N)cc5)CC4)nc3)CC2)cc1. The van der Waals surface area contributed by atoms with Gasteiger partial charge in [0.15, 0.2) is 11.6 Å². The first-order valence-electron chi connectivity index (χ1n) is 14.3. The predicted octanol–water partition coefficient (Wildman–Crippen LogP) is 4.60. The second kappa shape index (κ2) is 12.9. The number of piperazine rings is 1. The first kappa shape index (κ1) is 28.2. The van der Waals surface area contributed by atoms with Gasteiger partial charge in [-0.3, -0.25) is 24.3 Å². The molecule has 3 heterocycles. The van der Waals surface area contributed by atoms with Crippen LogP contribution in [0.3, 0.4) is 0 Å². The molecule has 0 N–H and O–H groups in total. The number of hydrogen-bond acceptors (Lipinski definition) is 7. The Kier molecular flexibility index (Phi) is 8.85. The van der Waals surface area contributed by atoms with E-state index in [2.05, 4.69) is 20.9 Å². The number of amides is 1. The molecule has 3 aromatic rings. The number of aromatic nitrogens is 1. The summed E-state index contributed by atoms with van der Waals surface area (Å²) >= 11 is 0. The molecule has 2 aliphatic rings. The normalized spacial score (nSPS) is 16.3. The molecule has 1 amide bonds. The molecular weight excluding hydrogens is 514 g/mol. The lowest BCUT2D eigenvalue weighted by Gasteiger charge is -2.36. The van der Waals surface area contributed by atoms with Gasteiger partial charge >= 0.3 is 0 Å². The van der Waals surface area contributed by atoms with E-state index in [-0.39, 0.29) is 17.5 Å². The Morgan fingerprint density at radius 1 is 0.854 bits per heavy atom. The summed E-state index contributed by atoms with van der Waals surface area (Å²) in [5, 5.41) is 8.97. The maximum Gasteiger partial charge on any atom is 0.255 e. The van der Waals surface area contributed by atoms with Gasteiger partial charge in [0.1, 0.15) is 5.69 Å². The molecule has 41 heavy (non-hydrogen) atoms. The monoisotopic (exact) mass is 549 g/mol. The maximum absolute atomic E-state index is 13.1. The number of benzene rings is 2. The van der Waals surface area contributed by atoms with E-state index in [4.69, 9.17) is 5.26 Å². The molecule has 0 atom stereocenters. The van der Waals surface area contributed by atoms with Gasteiger partial charge < -0.3 is 9.80 Å². The van der Waals surface area contributed by atoms with E-state index in [1.54, 1.807) is 19.1 Å². The minimum Gasteiger partial charge on any atom is -0.368 e. The Labute approximate surface area is 241 Å². The summed E-state index contributed by atoms with van der Waals surface area (Å²) < 4.78 is 0. The fraction of sp³-hybridized carbons (Fsp3) is 0.364. The van der Waals surface area contributed by atoms with Crippen LogP contribution in [0, 0.1) is 17.2 Å². The summed E-state index contributed by atoms with van der Waals surface area (Å²) in [6.45, 7) is 6.90. The molecule has 0 radical (unpaired) electrons. The number of carbonyl (C=O) groups is 3. The highest BCUT2D eigenvalue weighted by molar-refractivity contribution is 5.97. The van der Waals surface area contributed by atoms with Crippen molar-refractivity contribution in [1.29, 1.82) is 5.26 Å². The Balaban J connectivity index is 1.07. The molecule has 2 saturated heterocycles. The van der Waals surface area contributed by atoms with E-state index in [1.807, 2.05) is 53.4 Å². The summed E-state index contributed by atoms with van der Waals surface area (Å²) in [4.78, 5) is 48.3. The van der Waals surface area contributed by atoms with Gasteiger partial charge in [-0.05, 0) is 92.9 Å². The summed E-state index contributed by atoms with van der Waals surface area (Å²) in [5.74, 6) is 0.334. The van der Waals surface area contributed by atoms with Crippen LogP contribution in [-0.4, -0.2) is 71.5 Å². The third-order valence-corrected chi connectivity index (χ3v) is 8.17. The Bertz CT molecular complexity index is 1410. The van der Waals surface area contributed by atoms with E-state index in [0.717, 1.165) is 38.2 Å². The molecular formula is C33H35N5O3. The van der Waals surface area contributed by atoms with Crippen molar-refractivity contribution in [2.24, 2.45) is 5.92 Å². The lowest BCUT2D eigenvalue weighted by Crippen LogP contribution is -2.48. The van der Waals surface area contributed by atoms with Crippen molar-refractivity contribution in [3.05, 3.63) is 94.8 Å². The molecule has 0 saturated carbocycles. The van der Waals surface area contributed by atoms with Gasteiger partial charge in [0.2, 0.25) is 0 Å². The van der Waals surface area contributed by atoms with Gasteiger partial charge in [0, 0.05) is 56.6 Å². The number of likely N-dealkylation sites (tertiary alicyclic amines) is 1. The van der Waals surface area contributed by atoms with Crippen LogP contribution in [0.4, 0.5) is 5.69 Å². The lowest BCUT2D eigenvalue weighted by molar-refractivity contribution is 0.0745. The minimum absolute atomic E-state index is 0.0268. The van der Waals surface area contributed by atoms with Crippen molar-refractivity contribution >= 4 is 23.2 Å². The number of pyridine rings is 1. The number of nitriles is 1. The predicted molar refractivity (Wildman–Crippen MR) is 157 cm³/mol. The summed E-state index contributed by atoms with van der Waals surface area (Å²) in [5.41, 5.74) is 4.52. The van der Waals surface area contributed by atoms with E-state index < -0.39 is 0 Å². The first-order valence-corrected chi connectivity index (χ1v) is 14.3. The molecule has 2 aliphatic heterocycles. The molecule has 0 unspecified atom stereocenters. The minimum atomic E-state index is -0.0716. The number of nitrogens with zero attached hydrogens (tertiary/aromatic N) is 5. The highest BCUT2D eigenvalue weighted by Crippen LogP contribution is 2.24. The van der Waals surface area contributed by atoms with Crippen molar-refractivity contribution in [1.82, 2.24) is 14.8 Å². The molecule has 2 fully saturated rings. The molecule has 0 bridgehead atoms. The van der Waals surface area contributed by atoms with Crippen LogP contribution >= 0.6 is 0 Å². The van der Waals surface area contributed by atoms with Crippen LogP contribution in [0.1, 0.15) is 68.5 Å². The van der Waals surface area contributed by atoms with Gasteiger partial charge in [0.25, 0.3) is 5.91 Å². The van der Waals surface area contributed by atoms with Gasteiger partial charge in [-0.1, -0.05) is 12.1 Å². The number of Topliss-reactive ketones (excluding diaryl/α,β-unsaturated/α-hetero) is 2. The van der Waals surface area contributed by atoms with Crippen LogP contribution in [0.5, 0.6) is 0 Å². The Hall–Kier alpha value is -4.35. The van der Waals surface area contributed by atoms with Crippen molar-refractivity contribution in [2.45, 2.75) is 32.7 Å². The average molecular weight is 550 g/mol. The number of ketones is 2. The molecule has 2 aromatic carbocycles. The zero-order valence-electron chi connectivity index (χ0n) is 23.5. The number of carbonyl (C=O) groups excluding carboxylic acids is 3. The largest absolute Gasteiger partial charge is 0.368 e. The van der Waals surface area contributed by atoms with Crippen molar-refractivity contribution in [2.75, 3.05) is 44.2 Å². The number of rotatable bonds is 8. The second-order valence-corrected chi connectivity index (χ2v) is 11.0. The average Bonchev–Trinajstić information content (AvgIpc) is 3.02. The fourth-order valence-corrected chi connectivity index (χ4v) is 5.60. The van der Waals surface area contributed by atoms with Crippen molar-refractivity contribution < 1.29 is 14.4 Å². The van der Waals surface area contributed by atoms with Gasteiger partial charge in [-0.25, -0.2) is 0 Å². The molecule has 0 aliphatic carbocycles. The highest BCUT2D eigenvalue weighted by Gasteiger charge is 2.25. The van der Waals surface area contributed by atoms with Gasteiger partial charge in [-0.2, -0.15) is 5.26 Å². The van der Waals surface area contributed by atoms with E-state index >= 15 is 0 Å². The van der Waals surface area contributed by atoms with Crippen LogP contribution in [0.2, 0.25) is 0 Å². The molecule has 8 heteroatoms. The van der Waals surface area contributed by atoms with E-state index in [9.17, 15) is 14.4 Å². The Morgan fingerprint density at radius 3 is 2.10 bits per heavy atom. The molecule has 0 spiro atoms. The number of anilines is 1. The second-order valence-electron chi connectivity index (χ2n) is 11.0. The molecule has 210 valence electrons. The third-order valence-electron chi connectivity index (χ3n) is 8.17. The number of piperidine rings is 1. The number of hydrogen-bond donors (Lipinski definition) is 0. The standard InChI is InChI=1S/C33H35N5O3/c1-24(39)28-6-9-30(10-7-28)37-16-18-38(19-17-37)33(41)29-8-11-31(35-22-29)32(40)20-25-12-14-36(15-13-25)23-27-4-2-26(21-34)3-5-27/h2-11,22,25H,12-20,23H2,1H3. The summed E-state index contributed by atoms with van der Waals surface area (Å²) in [6.07, 6.45) is 3.93. The zero-order chi connectivity index (χ0) is 28.8. The van der Waals surface area contributed by atoms with Crippen LogP contribution < -0.4 is 4.90 Å². The molecule has 5 rings (SSSR count). The van der Waals surface area contributed by atoms with E-state index in [1.165, 1.54) is 11.8 Å². The zero-order valence-corrected chi connectivity index (χ0v) is 23.5. The lowest BCUT2D eigenvalue weighted by atomic mass is 9.90. The van der Waals surface area contributed by atoms with Crippen molar-refractivity contribution in [3.8, 4) is 6.07 Å².